The van der Waals surface area contributed by atoms with Gasteiger partial charge in [0.05, 0.1) is 5.60 Å². The van der Waals surface area contributed by atoms with Crippen molar-refractivity contribution in [3.05, 3.63) is 17.5 Å². The van der Waals surface area contributed by atoms with E-state index in [1.54, 1.807) is 0 Å². The van der Waals surface area contributed by atoms with Crippen LogP contribution in [0, 0.1) is 19.3 Å². The maximum absolute atomic E-state index is 10.7. The summed E-state index contributed by atoms with van der Waals surface area (Å²) in [4.78, 5) is 8.71. The lowest BCUT2D eigenvalue weighted by atomic mass is 9.70. The van der Waals surface area contributed by atoms with Crippen molar-refractivity contribution < 1.29 is 5.11 Å². The first kappa shape index (κ1) is 14.3. The quantitative estimate of drug-likeness (QED) is 0.880. The lowest BCUT2D eigenvalue weighted by Crippen LogP contribution is -2.44. The van der Waals surface area contributed by atoms with Crippen LogP contribution in [0.15, 0.2) is 6.07 Å². The van der Waals surface area contributed by atoms with Crippen molar-refractivity contribution in [3.8, 4) is 0 Å². The van der Waals surface area contributed by atoms with E-state index in [0.29, 0.717) is 12.5 Å². The molecule has 1 heterocycles. The predicted molar refractivity (Wildman–Crippen MR) is 77.2 cm³/mol. The van der Waals surface area contributed by atoms with E-state index in [4.69, 9.17) is 0 Å². The Bertz CT molecular complexity index is 438. The van der Waals surface area contributed by atoms with Crippen LogP contribution in [0.4, 0.5) is 5.95 Å². The minimum Gasteiger partial charge on any atom is -0.388 e. The van der Waals surface area contributed by atoms with Crippen molar-refractivity contribution in [2.45, 2.75) is 59.0 Å². The van der Waals surface area contributed by atoms with Crippen LogP contribution in [0.2, 0.25) is 0 Å². The fraction of sp³-hybridized carbons (Fsp3) is 0.733. The highest BCUT2D eigenvalue weighted by Crippen LogP contribution is 2.40. The first-order valence-corrected chi connectivity index (χ1v) is 7.07. The summed E-state index contributed by atoms with van der Waals surface area (Å²) in [6.07, 6.45) is 3.96. The minimum absolute atomic E-state index is 0.220. The van der Waals surface area contributed by atoms with Crippen molar-refractivity contribution >= 4 is 5.95 Å². The van der Waals surface area contributed by atoms with Gasteiger partial charge in [0, 0.05) is 17.9 Å². The Morgan fingerprint density at radius 1 is 1.21 bits per heavy atom. The van der Waals surface area contributed by atoms with E-state index in [2.05, 4.69) is 29.1 Å². The fourth-order valence-electron chi connectivity index (χ4n) is 3.16. The average molecular weight is 263 g/mol. The van der Waals surface area contributed by atoms with E-state index >= 15 is 0 Å². The molecule has 2 rings (SSSR count). The van der Waals surface area contributed by atoms with Crippen molar-refractivity contribution in [2.24, 2.45) is 5.41 Å². The van der Waals surface area contributed by atoms with Crippen molar-refractivity contribution in [1.82, 2.24) is 9.97 Å². The summed E-state index contributed by atoms with van der Waals surface area (Å²) in [6.45, 7) is 8.89. The van der Waals surface area contributed by atoms with E-state index in [0.717, 1.165) is 30.7 Å². The van der Waals surface area contributed by atoms with E-state index in [-0.39, 0.29) is 5.41 Å². The molecule has 1 aliphatic carbocycles. The third-order valence-electron chi connectivity index (χ3n) is 3.86. The van der Waals surface area contributed by atoms with Gasteiger partial charge in [0.1, 0.15) is 0 Å². The topological polar surface area (TPSA) is 58.0 Å². The zero-order chi connectivity index (χ0) is 14.1. The molecule has 19 heavy (non-hydrogen) atoms. The van der Waals surface area contributed by atoms with Crippen LogP contribution >= 0.6 is 0 Å². The van der Waals surface area contributed by atoms with Gasteiger partial charge >= 0.3 is 0 Å². The molecule has 1 aromatic rings. The molecule has 1 fully saturated rings. The molecule has 0 aliphatic heterocycles. The molecule has 1 unspecified atom stereocenters. The Morgan fingerprint density at radius 2 is 1.84 bits per heavy atom. The van der Waals surface area contributed by atoms with E-state index in [1.165, 1.54) is 6.42 Å². The Kier molecular flexibility index (Phi) is 3.81. The monoisotopic (exact) mass is 263 g/mol. The first-order chi connectivity index (χ1) is 8.78. The molecule has 1 aliphatic rings. The third kappa shape index (κ3) is 3.90. The molecule has 2 N–H and O–H groups in total. The summed E-state index contributed by atoms with van der Waals surface area (Å²) >= 11 is 0. The zero-order valence-electron chi connectivity index (χ0n) is 12.5. The third-order valence-corrected chi connectivity index (χ3v) is 3.86. The molecule has 0 aromatic carbocycles. The Labute approximate surface area is 115 Å². The number of nitrogens with one attached hydrogen (secondary N) is 1. The molecule has 1 atom stereocenters. The van der Waals surface area contributed by atoms with Gasteiger partial charge in [-0.15, -0.1) is 0 Å². The minimum atomic E-state index is -0.636. The lowest BCUT2D eigenvalue weighted by Gasteiger charge is -2.41. The molecule has 4 nitrogen and oxygen atoms in total. The summed E-state index contributed by atoms with van der Waals surface area (Å²) in [5.74, 6) is 0.620. The van der Waals surface area contributed by atoms with Gasteiger partial charge in [0.2, 0.25) is 5.95 Å². The molecule has 0 amide bonds. The maximum atomic E-state index is 10.7. The van der Waals surface area contributed by atoms with Crippen molar-refractivity contribution in [3.63, 3.8) is 0 Å². The number of hydrogen-bond acceptors (Lipinski definition) is 4. The Hall–Kier alpha value is -1.16. The summed E-state index contributed by atoms with van der Waals surface area (Å²) < 4.78 is 0. The van der Waals surface area contributed by atoms with Crippen LogP contribution in [-0.4, -0.2) is 27.2 Å². The largest absolute Gasteiger partial charge is 0.388 e. The molecule has 0 spiro atoms. The molecule has 4 heteroatoms. The second-order valence-corrected chi connectivity index (χ2v) is 6.75. The number of hydrogen-bond donors (Lipinski definition) is 2. The number of anilines is 1. The molecule has 106 valence electrons. The lowest BCUT2D eigenvalue weighted by molar-refractivity contribution is -0.0279. The Balaban J connectivity index is 2.01. The van der Waals surface area contributed by atoms with Gasteiger partial charge < -0.3 is 10.4 Å². The van der Waals surface area contributed by atoms with Crippen LogP contribution in [0.3, 0.4) is 0 Å². The SMILES string of the molecule is Cc1cc(C)nc(NCC2(O)CCCC(C)(C)C2)n1. The van der Waals surface area contributed by atoms with Gasteiger partial charge in [-0.1, -0.05) is 13.8 Å². The molecular weight excluding hydrogens is 238 g/mol. The molecule has 1 saturated carbocycles. The fourth-order valence-corrected chi connectivity index (χ4v) is 3.16. The number of nitrogens with zero attached hydrogens (tertiary/aromatic N) is 2. The highest BCUT2D eigenvalue weighted by atomic mass is 16.3. The highest BCUT2D eigenvalue weighted by Gasteiger charge is 2.38. The van der Waals surface area contributed by atoms with Gasteiger partial charge in [-0.3, -0.25) is 0 Å². The van der Waals surface area contributed by atoms with Gasteiger partial charge in [-0.05, 0) is 51.0 Å². The summed E-state index contributed by atoms with van der Waals surface area (Å²) in [7, 11) is 0. The number of rotatable bonds is 3. The van der Waals surface area contributed by atoms with Gasteiger partial charge in [0.25, 0.3) is 0 Å². The highest BCUT2D eigenvalue weighted by molar-refractivity contribution is 5.28. The Morgan fingerprint density at radius 3 is 2.42 bits per heavy atom. The number of aryl methyl sites for hydroxylation is 2. The smallest absolute Gasteiger partial charge is 0.223 e. The van der Waals surface area contributed by atoms with E-state index in [1.807, 2.05) is 19.9 Å². The normalized spacial score (nSPS) is 26.2. The second-order valence-electron chi connectivity index (χ2n) is 6.75. The summed E-state index contributed by atoms with van der Waals surface area (Å²) in [5.41, 5.74) is 1.48. The van der Waals surface area contributed by atoms with Crippen LogP contribution in [-0.2, 0) is 0 Å². The molecule has 1 aromatic heterocycles. The van der Waals surface area contributed by atoms with Crippen LogP contribution in [0.1, 0.15) is 50.9 Å². The first-order valence-electron chi connectivity index (χ1n) is 7.07. The van der Waals surface area contributed by atoms with Crippen LogP contribution in [0.5, 0.6) is 0 Å². The number of aromatic nitrogens is 2. The van der Waals surface area contributed by atoms with E-state index < -0.39 is 5.60 Å². The molecular formula is C15H25N3O. The predicted octanol–water partition coefficient (Wildman–Crippen LogP) is 2.84. The zero-order valence-corrected chi connectivity index (χ0v) is 12.5. The van der Waals surface area contributed by atoms with Crippen LogP contribution < -0.4 is 5.32 Å². The maximum Gasteiger partial charge on any atom is 0.223 e. The van der Waals surface area contributed by atoms with Gasteiger partial charge in [0.15, 0.2) is 0 Å². The number of aliphatic hydroxyl groups is 1. The molecule has 0 radical (unpaired) electrons. The van der Waals surface area contributed by atoms with Crippen molar-refractivity contribution in [1.29, 1.82) is 0 Å². The van der Waals surface area contributed by atoms with Crippen molar-refractivity contribution in [2.75, 3.05) is 11.9 Å². The summed E-state index contributed by atoms with van der Waals surface area (Å²) in [5, 5.41) is 13.9. The standard InChI is InChI=1S/C15H25N3O/c1-11-8-12(2)18-13(17-11)16-10-15(19)7-5-6-14(3,4)9-15/h8,19H,5-7,9-10H2,1-4H3,(H,16,17,18). The molecule has 0 saturated heterocycles. The van der Waals surface area contributed by atoms with E-state index in [9.17, 15) is 5.11 Å². The molecule has 0 bridgehead atoms. The van der Waals surface area contributed by atoms with Crippen LogP contribution in [0.25, 0.3) is 0 Å². The van der Waals surface area contributed by atoms with Gasteiger partial charge in [-0.2, -0.15) is 0 Å². The second kappa shape index (κ2) is 5.08. The summed E-state index contributed by atoms with van der Waals surface area (Å²) in [6, 6.07) is 1.95. The van der Waals surface area contributed by atoms with Gasteiger partial charge in [-0.25, -0.2) is 9.97 Å². The average Bonchev–Trinajstić information content (AvgIpc) is 2.23.